The van der Waals surface area contributed by atoms with Crippen molar-refractivity contribution in [3.8, 4) is 0 Å². The molecule has 1 N–H and O–H groups in total. The van der Waals surface area contributed by atoms with Crippen LogP contribution >= 0.6 is 0 Å². The van der Waals surface area contributed by atoms with Crippen molar-refractivity contribution in [2.45, 2.75) is 44.6 Å². The number of amides is 1. The predicted molar refractivity (Wildman–Crippen MR) is 78.8 cm³/mol. The van der Waals surface area contributed by atoms with E-state index in [1.807, 2.05) is 24.3 Å². The van der Waals surface area contributed by atoms with Crippen molar-refractivity contribution >= 4 is 11.9 Å². The van der Waals surface area contributed by atoms with Crippen LogP contribution in [0.4, 0.5) is 0 Å². The average Bonchev–Trinajstić information content (AvgIpc) is 2.44. The third kappa shape index (κ3) is 2.94. The molecule has 4 heteroatoms. The highest BCUT2D eigenvalue weighted by Gasteiger charge is 2.32. The Labute approximate surface area is 124 Å². The lowest BCUT2D eigenvalue weighted by molar-refractivity contribution is -0.141. The van der Waals surface area contributed by atoms with Crippen LogP contribution in [0, 0.1) is 5.92 Å². The van der Waals surface area contributed by atoms with E-state index in [9.17, 15) is 14.7 Å². The standard InChI is InChI=1S/C17H21NO3/c19-16(9-8-12-4-3-5-12)18-10-13-6-1-2-7-14(13)15(11-18)17(20)21/h1-2,6-7,12,15H,3-5,8-11H2,(H,20,21). The van der Waals surface area contributed by atoms with E-state index in [2.05, 4.69) is 0 Å². The van der Waals surface area contributed by atoms with Crippen molar-refractivity contribution in [1.29, 1.82) is 0 Å². The fourth-order valence-corrected chi connectivity index (χ4v) is 3.28. The molecule has 4 nitrogen and oxygen atoms in total. The van der Waals surface area contributed by atoms with Crippen LogP contribution in [0.2, 0.25) is 0 Å². The van der Waals surface area contributed by atoms with Crippen LogP contribution in [0.3, 0.4) is 0 Å². The molecule has 0 radical (unpaired) electrons. The Balaban J connectivity index is 1.70. The summed E-state index contributed by atoms with van der Waals surface area (Å²) in [5.41, 5.74) is 1.82. The summed E-state index contributed by atoms with van der Waals surface area (Å²) >= 11 is 0. The summed E-state index contributed by atoms with van der Waals surface area (Å²) in [6.45, 7) is 0.847. The van der Waals surface area contributed by atoms with Gasteiger partial charge >= 0.3 is 5.97 Å². The quantitative estimate of drug-likeness (QED) is 0.926. The molecule has 1 fully saturated rings. The Hall–Kier alpha value is -1.84. The van der Waals surface area contributed by atoms with Crippen LogP contribution in [0.15, 0.2) is 24.3 Å². The number of benzene rings is 1. The first-order valence-corrected chi connectivity index (χ1v) is 7.73. The molecule has 112 valence electrons. The number of carboxylic acid groups (broad SMARTS) is 1. The third-order valence-electron chi connectivity index (χ3n) is 4.84. The van der Waals surface area contributed by atoms with Gasteiger partial charge in [-0.25, -0.2) is 0 Å². The lowest BCUT2D eigenvalue weighted by atomic mass is 9.82. The number of rotatable bonds is 4. The van der Waals surface area contributed by atoms with Crippen molar-refractivity contribution < 1.29 is 14.7 Å². The number of carbonyl (C=O) groups excluding carboxylic acids is 1. The highest BCUT2D eigenvalue weighted by Crippen LogP contribution is 2.32. The van der Waals surface area contributed by atoms with E-state index in [1.165, 1.54) is 19.3 Å². The smallest absolute Gasteiger partial charge is 0.312 e. The molecule has 0 saturated heterocycles. The number of nitrogens with zero attached hydrogens (tertiary/aromatic N) is 1. The molecule has 1 aliphatic heterocycles. The van der Waals surface area contributed by atoms with Gasteiger partial charge in [0.15, 0.2) is 0 Å². The number of hydrogen-bond donors (Lipinski definition) is 1. The van der Waals surface area contributed by atoms with Gasteiger partial charge in [0.05, 0.1) is 5.92 Å². The van der Waals surface area contributed by atoms with E-state index in [4.69, 9.17) is 0 Å². The topological polar surface area (TPSA) is 57.6 Å². The molecule has 1 aromatic carbocycles. The van der Waals surface area contributed by atoms with Crippen LogP contribution < -0.4 is 0 Å². The first kappa shape index (κ1) is 14.1. The molecule has 2 aliphatic rings. The SMILES string of the molecule is O=C(O)C1CN(C(=O)CCC2CCC2)Cc2ccccc21. The van der Waals surface area contributed by atoms with Gasteiger partial charge in [0, 0.05) is 19.5 Å². The van der Waals surface area contributed by atoms with Crippen LogP contribution in [-0.4, -0.2) is 28.4 Å². The van der Waals surface area contributed by atoms with Crippen LogP contribution in [0.1, 0.15) is 49.1 Å². The fourth-order valence-electron chi connectivity index (χ4n) is 3.28. The molecule has 0 bridgehead atoms. The molecular weight excluding hydrogens is 266 g/mol. The van der Waals surface area contributed by atoms with Gasteiger partial charge in [-0.1, -0.05) is 43.5 Å². The van der Waals surface area contributed by atoms with Crippen molar-refractivity contribution in [2.24, 2.45) is 5.92 Å². The van der Waals surface area contributed by atoms with Crippen molar-refractivity contribution in [3.05, 3.63) is 35.4 Å². The van der Waals surface area contributed by atoms with Gasteiger partial charge in [-0.2, -0.15) is 0 Å². The van der Waals surface area contributed by atoms with E-state index < -0.39 is 11.9 Å². The molecule has 3 rings (SSSR count). The second kappa shape index (κ2) is 5.88. The zero-order valence-electron chi connectivity index (χ0n) is 12.1. The highest BCUT2D eigenvalue weighted by atomic mass is 16.4. The second-order valence-electron chi connectivity index (χ2n) is 6.20. The summed E-state index contributed by atoms with van der Waals surface area (Å²) in [5, 5.41) is 9.41. The average molecular weight is 287 g/mol. The summed E-state index contributed by atoms with van der Waals surface area (Å²) in [4.78, 5) is 25.5. The van der Waals surface area contributed by atoms with Gasteiger partial charge < -0.3 is 10.0 Å². The van der Waals surface area contributed by atoms with Gasteiger partial charge in [0.1, 0.15) is 0 Å². The number of hydrogen-bond acceptors (Lipinski definition) is 2. The van der Waals surface area contributed by atoms with Gasteiger partial charge in [0.2, 0.25) is 5.91 Å². The molecule has 1 aromatic rings. The van der Waals surface area contributed by atoms with E-state index in [0.29, 0.717) is 25.4 Å². The number of carboxylic acids is 1. The summed E-state index contributed by atoms with van der Waals surface area (Å²) in [5.74, 6) is -0.634. The lowest BCUT2D eigenvalue weighted by Crippen LogP contribution is -2.40. The molecule has 1 saturated carbocycles. The lowest BCUT2D eigenvalue weighted by Gasteiger charge is -2.33. The van der Waals surface area contributed by atoms with Crippen molar-refractivity contribution in [1.82, 2.24) is 4.90 Å². The molecule has 21 heavy (non-hydrogen) atoms. The van der Waals surface area contributed by atoms with Crippen molar-refractivity contribution in [2.75, 3.05) is 6.54 Å². The van der Waals surface area contributed by atoms with E-state index in [-0.39, 0.29) is 5.91 Å². The minimum absolute atomic E-state index is 0.0997. The van der Waals surface area contributed by atoms with Gasteiger partial charge in [0.25, 0.3) is 0 Å². The molecule has 0 spiro atoms. The normalized spacial score (nSPS) is 21.5. The molecule has 1 unspecified atom stereocenters. The molecule has 0 aromatic heterocycles. The zero-order chi connectivity index (χ0) is 14.8. The molecule has 1 aliphatic carbocycles. The van der Waals surface area contributed by atoms with E-state index in [1.54, 1.807) is 4.90 Å². The van der Waals surface area contributed by atoms with Gasteiger partial charge in [-0.15, -0.1) is 0 Å². The Morgan fingerprint density at radius 3 is 2.67 bits per heavy atom. The van der Waals surface area contributed by atoms with Crippen LogP contribution in [0.5, 0.6) is 0 Å². The first-order chi connectivity index (χ1) is 10.1. The Morgan fingerprint density at radius 1 is 1.24 bits per heavy atom. The summed E-state index contributed by atoms with van der Waals surface area (Å²) < 4.78 is 0. The monoisotopic (exact) mass is 287 g/mol. The second-order valence-corrected chi connectivity index (χ2v) is 6.20. The summed E-state index contributed by atoms with van der Waals surface area (Å²) in [6.07, 6.45) is 5.28. The molecular formula is C17H21NO3. The minimum atomic E-state index is -0.848. The Kier molecular flexibility index (Phi) is 3.95. The van der Waals surface area contributed by atoms with Crippen LogP contribution in [-0.2, 0) is 16.1 Å². The molecule has 1 heterocycles. The van der Waals surface area contributed by atoms with E-state index in [0.717, 1.165) is 17.5 Å². The third-order valence-corrected chi connectivity index (χ3v) is 4.84. The zero-order valence-corrected chi connectivity index (χ0v) is 12.1. The Bertz CT molecular complexity index is 551. The number of carbonyl (C=O) groups is 2. The van der Waals surface area contributed by atoms with Gasteiger partial charge in [-0.05, 0) is 23.5 Å². The van der Waals surface area contributed by atoms with Crippen LogP contribution in [0.25, 0.3) is 0 Å². The predicted octanol–water partition coefficient (Wildman–Crippen LogP) is 2.78. The summed E-state index contributed by atoms with van der Waals surface area (Å²) in [7, 11) is 0. The maximum absolute atomic E-state index is 12.4. The fraction of sp³-hybridized carbons (Fsp3) is 0.529. The van der Waals surface area contributed by atoms with Gasteiger partial charge in [-0.3, -0.25) is 9.59 Å². The maximum Gasteiger partial charge on any atom is 0.312 e. The number of aliphatic carboxylic acids is 1. The highest BCUT2D eigenvalue weighted by molar-refractivity contribution is 5.81. The number of fused-ring (bicyclic) bond motifs is 1. The van der Waals surface area contributed by atoms with E-state index >= 15 is 0 Å². The summed E-state index contributed by atoms with van der Waals surface area (Å²) in [6, 6.07) is 7.56. The van der Waals surface area contributed by atoms with Crippen molar-refractivity contribution in [3.63, 3.8) is 0 Å². The largest absolute Gasteiger partial charge is 0.481 e. The first-order valence-electron chi connectivity index (χ1n) is 7.73. The Morgan fingerprint density at radius 2 is 2.00 bits per heavy atom. The molecule has 1 atom stereocenters. The molecule has 1 amide bonds. The maximum atomic E-state index is 12.4. The minimum Gasteiger partial charge on any atom is -0.481 e.